The predicted octanol–water partition coefficient (Wildman–Crippen LogP) is 1.46. The number of hydrogen-bond donors (Lipinski definition) is 2. The van der Waals surface area contributed by atoms with E-state index >= 15 is 0 Å². The van der Waals surface area contributed by atoms with Crippen molar-refractivity contribution in [3.05, 3.63) is 0 Å². The van der Waals surface area contributed by atoms with Gasteiger partial charge in [0.05, 0.1) is 5.75 Å². The van der Waals surface area contributed by atoms with Crippen LogP contribution in [0.3, 0.4) is 0 Å². The van der Waals surface area contributed by atoms with E-state index < -0.39 is 15.4 Å². The zero-order chi connectivity index (χ0) is 16.1. The molecule has 0 aromatic rings. The zero-order valence-corrected chi connectivity index (χ0v) is 14.3. The van der Waals surface area contributed by atoms with Gasteiger partial charge in [-0.3, -0.25) is 0 Å². The van der Waals surface area contributed by atoms with Crippen LogP contribution in [-0.2, 0) is 14.6 Å². The minimum atomic E-state index is -2.92. The second-order valence-electron chi connectivity index (χ2n) is 6.54. The monoisotopic (exact) mass is 320 g/mol. The molecule has 0 aromatic carbocycles. The molecule has 0 heterocycles. The first-order valence-electron chi connectivity index (χ1n) is 7.54. The summed E-state index contributed by atoms with van der Waals surface area (Å²) < 4.78 is 28.0. The Labute approximate surface area is 127 Å². The van der Waals surface area contributed by atoms with Gasteiger partial charge in [-0.15, -0.1) is 0 Å². The quantitative estimate of drug-likeness (QED) is 0.774. The highest BCUT2D eigenvalue weighted by atomic mass is 32.2. The fourth-order valence-corrected chi connectivity index (χ4v) is 3.05. The second-order valence-corrected chi connectivity index (χ2v) is 9.02. The number of sulfone groups is 1. The Hall–Kier alpha value is -0.820. The Kier molecular flexibility index (Phi) is 6.46. The maximum Gasteiger partial charge on any atom is 0.407 e. The molecule has 0 aromatic heterocycles. The number of carbonyl (C=O) groups excluding carboxylic acids is 1. The number of ether oxygens (including phenoxy) is 1. The number of amides is 1. The second kappa shape index (κ2) is 7.45. The molecule has 1 fully saturated rings. The summed E-state index contributed by atoms with van der Waals surface area (Å²) >= 11 is 0. The molecule has 1 amide bonds. The average molecular weight is 320 g/mol. The van der Waals surface area contributed by atoms with E-state index in [1.807, 2.05) is 20.8 Å². The van der Waals surface area contributed by atoms with Crippen molar-refractivity contribution >= 4 is 15.9 Å². The van der Waals surface area contributed by atoms with Crippen molar-refractivity contribution in [2.45, 2.75) is 64.6 Å². The Balaban J connectivity index is 2.25. The molecule has 2 atom stereocenters. The summed E-state index contributed by atoms with van der Waals surface area (Å²) in [5, 5.41) is 6.12. The third kappa shape index (κ3) is 7.66. The summed E-state index contributed by atoms with van der Waals surface area (Å²) in [5.74, 6) is 0.354. The molecular formula is C14H28N2O4S. The van der Waals surface area contributed by atoms with Gasteiger partial charge in [0.1, 0.15) is 5.60 Å². The summed E-state index contributed by atoms with van der Waals surface area (Å²) in [6, 6.07) is 0.358. The van der Waals surface area contributed by atoms with Crippen LogP contribution >= 0.6 is 0 Å². The third-order valence-electron chi connectivity index (χ3n) is 3.44. The Morgan fingerprint density at radius 1 is 1.24 bits per heavy atom. The van der Waals surface area contributed by atoms with Gasteiger partial charge in [-0.05, 0) is 40.0 Å². The molecule has 2 unspecified atom stereocenters. The molecule has 0 radical (unpaired) electrons. The average Bonchev–Trinajstić information content (AvgIpc) is 2.74. The zero-order valence-electron chi connectivity index (χ0n) is 13.4. The third-order valence-corrected chi connectivity index (χ3v) is 5.15. The van der Waals surface area contributed by atoms with Gasteiger partial charge in [0.15, 0.2) is 9.84 Å². The standard InChI is InChI=1S/C14H28N2O4S/c1-5-21(18,19)9-8-15-11-6-7-12(10-11)16-13(17)20-14(2,3)4/h11-12,15H,5-10H2,1-4H3,(H,16,17). The van der Waals surface area contributed by atoms with Crippen LogP contribution in [0, 0.1) is 0 Å². The molecule has 0 aliphatic heterocycles. The highest BCUT2D eigenvalue weighted by Gasteiger charge is 2.27. The SMILES string of the molecule is CCS(=O)(=O)CCNC1CCC(NC(=O)OC(C)(C)C)C1. The lowest BCUT2D eigenvalue weighted by Gasteiger charge is -2.21. The Morgan fingerprint density at radius 3 is 2.43 bits per heavy atom. The van der Waals surface area contributed by atoms with Crippen LogP contribution < -0.4 is 10.6 Å². The summed E-state index contributed by atoms with van der Waals surface area (Å²) in [6.45, 7) is 7.63. The summed E-state index contributed by atoms with van der Waals surface area (Å²) in [6.07, 6.45) is 2.25. The van der Waals surface area contributed by atoms with E-state index in [9.17, 15) is 13.2 Å². The normalized spacial score (nSPS) is 23.0. The van der Waals surface area contributed by atoms with Crippen LogP contribution in [0.25, 0.3) is 0 Å². The van der Waals surface area contributed by atoms with Crippen molar-refractivity contribution in [3.8, 4) is 0 Å². The molecule has 0 spiro atoms. The lowest BCUT2D eigenvalue weighted by atomic mass is 10.2. The van der Waals surface area contributed by atoms with E-state index in [1.165, 1.54) is 0 Å². The summed E-state index contributed by atoms with van der Waals surface area (Å²) in [4.78, 5) is 11.7. The lowest BCUT2D eigenvalue weighted by molar-refractivity contribution is 0.0505. The molecule has 0 saturated heterocycles. The first-order chi connectivity index (χ1) is 9.61. The number of carbonyl (C=O) groups is 1. The first-order valence-corrected chi connectivity index (χ1v) is 9.37. The van der Waals surface area contributed by atoms with Crippen molar-refractivity contribution in [1.29, 1.82) is 0 Å². The van der Waals surface area contributed by atoms with Gasteiger partial charge >= 0.3 is 6.09 Å². The van der Waals surface area contributed by atoms with Crippen LogP contribution in [0.1, 0.15) is 47.0 Å². The number of nitrogens with one attached hydrogen (secondary N) is 2. The number of rotatable bonds is 6. The van der Waals surface area contributed by atoms with E-state index in [-0.39, 0.29) is 29.7 Å². The van der Waals surface area contributed by atoms with Crippen LogP contribution in [-0.4, -0.2) is 50.2 Å². The van der Waals surface area contributed by atoms with E-state index in [2.05, 4.69) is 10.6 Å². The van der Waals surface area contributed by atoms with Gasteiger partial charge in [-0.1, -0.05) is 6.92 Å². The Morgan fingerprint density at radius 2 is 1.86 bits per heavy atom. The van der Waals surface area contributed by atoms with Crippen molar-refractivity contribution in [1.82, 2.24) is 10.6 Å². The van der Waals surface area contributed by atoms with Crippen LogP contribution in [0.15, 0.2) is 0 Å². The van der Waals surface area contributed by atoms with Gasteiger partial charge in [0.2, 0.25) is 0 Å². The summed E-state index contributed by atoms with van der Waals surface area (Å²) in [7, 11) is -2.92. The molecule has 1 rings (SSSR count). The van der Waals surface area contributed by atoms with Gasteiger partial charge < -0.3 is 15.4 Å². The van der Waals surface area contributed by atoms with Crippen LogP contribution in [0.2, 0.25) is 0 Å². The first kappa shape index (κ1) is 18.2. The molecule has 2 N–H and O–H groups in total. The number of alkyl carbamates (subject to hydrolysis) is 1. The molecule has 0 bridgehead atoms. The van der Waals surface area contributed by atoms with Gasteiger partial charge in [0, 0.05) is 24.4 Å². The molecule has 21 heavy (non-hydrogen) atoms. The highest BCUT2D eigenvalue weighted by molar-refractivity contribution is 7.91. The van der Waals surface area contributed by atoms with E-state index in [0.29, 0.717) is 6.54 Å². The fourth-order valence-electron chi connectivity index (χ4n) is 2.34. The van der Waals surface area contributed by atoms with Crippen molar-refractivity contribution in [2.24, 2.45) is 0 Å². The predicted molar refractivity (Wildman–Crippen MR) is 83.1 cm³/mol. The molecule has 7 heteroatoms. The fraction of sp³-hybridized carbons (Fsp3) is 0.929. The maximum atomic E-state index is 11.7. The highest BCUT2D eigenvalue weighted by Crippen LogP contribution is 2.19. The summed E-state index contributed by atoms with van der Waals surface area (Å²) in [5.41, 5.74) is -0.491. The van der Waals surface area contributed by atoms with Crippen LogP contribution in [0.4, 0.5) is 4.79 Å². The number of hydrogen-bond acceptors (Lipinski definition) is 5. The van der Waals surface area contributed by atoms with E-state index in [4.69, 9.17) is 4.74 Å². The molecule has 124 valence electrons. The Bertz CT molecular complexity index is 442. The lowest BCUT2D eigenvalue weighted by Crippen LogP contribution is -2.39. The van der Waals surface area contributed by atoms with Gasteiger partial charge in [0.25, 0.3) is 0 Å². The minimum absolute atomic E-state index is 0.0973. The molecule has 1 aliphatic carbocycles. The smallest absolute Gasteiger partial charge is 0.407 e. The van der Waals surface area contributed by atoms with Gasteiger partial charge in [-0.2, -0.15) is 0 Å². The van der Waals surface area contributed by atoms with Crippen molar-refractivity contribution < 1.29 is 17.9 Å². The van der Waals surface area contributed by atoms with E-state index in [1.54, 1.807) is 6.92 Å². The molecule has 6 nitrogen and oxygen atoms in total. The van der Waals surface area contributed by atoms with Crippen molar-refractivity contribution in [2.75, 3.05) is 18.1 Å². The van der Waals surface area contributed by atoms with Gasteiger partial charge in [-0.25, -0.2) is 13.2 Å². The molecular weight excluding hydrogens is 292 g/mol. The molecule has 1 saturated carbocycles. The minimum Gasteiger partial charge on any atom is -0.444 e. The van der Waals surface area contributed by atoms with E-state index in [0.717, 1.165) is 19.3 Å². The molecule has 1 aliphatic rings. The largest absolute Gasteiger partial charge is 0.444 e. The maximum absolute atomic E-state index is 11.7. The topological polar surface area (TPSA) is 84.5 Å². The van der Waals surface area contributed by atoms with Crippen molar-refractivity contribution in [3.63, 3.8) is 0 Å². The van der Waals surface area contributed by atoms with Crippen LogP contribution in [0.5, 0.6) is 0 Å².